The number of hydrogen-bond donors (Lipinski definition) is 0. The van der Waals surface area contributed by atoms with Gasteiger partial charge in [-0.3, -0.25) is 4.98 Å². The van der Waals surface area contributed by atoms with E-state index in [1.807, 2.05) is 49.4 Å². The molecule has 0 saturated heterocycles. The van der Waals surface area contributed by atoms with Crippen LogP contribution in [0.5, 0.6) is 0 Å². The first kappa shape index (κ1) is 27.3. The third kappa shape index (κ3) is 9.38. The number of aryl methyl sites for hydroxylation is 1. The van der Waals surface area contributed by atoms with E-state index >= 15 is 0 Å². The van der Waals surface area contributed by atoms with E-state index in [1.54, 1.807) is 19.3 Å². The van der Waals surface area contributed by atoms with Gasteiger partial charge in [0.05, 0.1) is 18.0 Å². The highest BCUT2D eigenvalue weighted by molar-refractivity contribution is 5.86. The van der Waals surface area contributed by atoms with E-state index in [0.717, 1.165) is 66.0 Å². The van der Waals surface area contributed by atoms with E-state index in [4.69, 9.17) is 4.74 Å². The second-order valence-corrected chi connectivity index (χ2v) is 8.96. The Morgan fingerprint density at radius 3 is 2.43 bits per heavy atom. The molecule has 0 amide bonds. The van der Waals surface area contributed by atoms with Gasteiger partial charge in [0.15, 0.2) is 0 Å². The van der Waals surface area contributed by atoms with Gasteiger partial charge >= 0.3 is 5.97 Å². The summed E-state index contributed by atoms with van der Waals surface area (Å²) in [5.41, 5.74) is 6.08. The molecule has 37 heavy (non-hydrogen) atoms. The van der Waals surface area contributed by atoms with E-state index in [-0.39, 0.29) is 5.97 Å². The summed E-state index contributed by atoms with van der Waals surface area (Å²) >= 11 is 0. The average Bonchev–Trinajstić information content (AvgIpc) is 2.91. The minimum atomic E-state index is -0.307. The van der Waals surface area contributed by atoms with Crippen LogP contribution in [-0.2, 0) is 9.53 Å². The summed E-state index contributed by atoms with van der Waals surface area (Å²) in [6.45, 7) is 8.69. The van der Waals surface area contributed by atoms with Gasteiger partial charge in [-0.2, -0.15) is 10.2 Å². The molecule has 0 aliphatic carbocycles. The van der Waals surface area contributed by atoms with Gasteiger partial charge < -0.3 is 9.64 Å². The van der Waals surface area contributed by atoms with Crippen molar-refractivity contribution in [3.8, 4) is 11.8 Å². The van der Waals surface area contributed by atoms with Crippen molar-refractivity contribution in [2.45, 2.75) is 39.5 Å². The Balaban J connectivity index is 1.44. The molecule has 1 heterocycles. The normalized spacial score (nSPS) is 10.6. The highest BCUT2D eigenvalue weighted by Gasteiger charge is 2.04. The predicted octanol–water partition coefficient (Wildman–Crippen LogP) is 7.32. The van der Waals surface area contributed by atoms with Crippen LogP contribution in [0.25, 0.3) is 0 Å². The van der Waals surface area contributed by atoms with Crippen LogP contribution in [0.4, 0.5) is 17.1 Å². The summed E-state index contributed by atoms with van der Waals surface area (Å²) in [6, 6.07) is 17.8. The zero-order valence-corrected chi connectivity index (χ0v) is 21.9. The average molecular weight is 495 g/mol. The van der Waals surface area contributed by atoms with Crippen molar-refractivity contribution in [1.82, 2.24) is 4.98 Å². The van der Waals surface area contributed by atoms with Crippen LogP contribution < -0.4 is 4.90 Å². The van der Waals surface area contributed by atoms with Crippen molar-refractivity contribution >= 4 is 23.0 Å². The zero-order valence-electron chi connectivity index (χ0n) is 21.9. The summed E-state index contributed by atoms with van der Waals surface area (Å²) in [6.07, 6.45) is 7.57. The molecule has 6 heteroatoms. The molecule has 3 rings (SSSR count). The predicted molar refractivity (Wildman–Crippen MR) is 150 cm³/mol. The number of benzene rings is 2. The summed E-state index contributed by atoms with van der Waals surface area (Å²) in [5, 5.41) is 8.78. The van der Waals surface area contributed by atoms with E-state index in [9.17, 15) is 4.79 Å². The van der Waals surface area contributed by atoms with E-state index in [0.29, 0.717) is 12.2 Å². The van der Waals surface area contributed by atoms with Crippen molar-refractivity contribution in [2.24, 2.45) is 10.2 Å². The maximum Gasteiger partial charge on any atom is 0.333 e. The second kappa shape index (κ2) is 14.4. The van der Waals surface area contributed by atoms with Gasteiger partial charge in [0, 0.05) is 48.4 Å². The maximum absolute atomic E-state index is 11.4. The summed E-state index contributed by atoms with van der Waals surface area (Å²) in [4.78, 5) is 17.7. The molecule has 0 fully saturated rings. The van der Waals surface area contributed by atoms with Gasteiger partial charge in [-0.05, 0) is 93.3 Å². The van der Waals surface area contributed by atoms with Crippen molar-refractivity contribution in [1.29, 1.82) is 0 Å². The molecular formula is C31H34N4O2. The summed E-state index contributed by atoms with van der Waals surface area (Å²) in [5.74, 6) is 6.02. The van der Waals surface area contributed by atoms with Crippen molar-refractivity contribution in [3.05, 3.63) is 95.8 Å². The number of hydrogen-bond acceptors (Lipinski definition) is 6. The number of nitrogens with zero attached hydrogens (tertiary/aromatic N) is 4. The molecule has 0 aliphatic heterocycles. The van der Waals surface area contributed by atoms with Gasteiger partial charge in [-0.15, -0.1) is 0 Å². The van der Waals surface area contributed by atoms with Gasteiger partial charge in [0.1, 0.15) is 0 Å². The molecule has 0 unspecified atom stereocenters. The Morgan fingerprint density at radius 2 is 1.73 bits per heavy atom. The Bertz CT molecular complexity index is 1270. The van der Waals surface area contributed by atoms with Crippen LogP contribution in [0.15, 0.2) is 89.4 Å². The number of esters is 1. The Morgan fingerprint density at radius 1 is 1.00 bits per heavy atom. The van der Waals surface area contributed by atoms with E-state index in [1.165, 1.54) is 0 Å². The fourth-order valence-electron chi connectivity index (χ4n) is 3.54. The minimum Gasteiger partial charge on any atom is -0.462 e. The standard InChI is InChI=1S/C31H34N4O2/c1-24(2)31(36)37-21-8-6-5-7-20-35(4)30-17-15-28(16-18-30)33-34-29-14-13-27(25(3)22-29)12-11-26-10-9-19-32-23-26/h9-10,13-19,22-23H,1,5-8,20-21H2,2-4H3. The van der Waals surface area contributed by atoms with Crippen LogP contribution in [0, 0.1) is 18.8 Å². The van der Waals surface area contributed by atoms with Crippen molar-refractivity contribution in [2.75, 3.05) is 25.1 Å². The number of azo groups is 1. The van der Waals surface area contributed by atoms with E-state index in [2.05, 4.69) is 57.7 Å². The molecule has 0 atom stereocenters. The lowest BCUT2D eigenvalue weighted by Gasteiger charge is -2.19. The molecule has 3 aromatic rings. The summed E-state index contributed by atoms with van der Waals surface area (Å²) in [7, 11) is 2.09. The van der Waals surface area contributed by atoms with Crippen molar-refractivity contribution < 1.29 is 9.53 Å². The topological polar surface area (TPSA) is 67.2 Å². The highest BCUT2D eigenvalue weighted by Crippen LogP contribution is 2.23. The third-order valence-electron chi connectivity index (χ3n) is 5.75. The number of anilines is 1. The molecule has 190 valence electrons. The van der Waals surface area contributed by atoms with Gasteiger partial charge in [-0.1, -0.05) is 24.8 Å². The molecule has 0 bridgehead atoms. The number of pyridine rings is 1. The fourth-order valence-corrected chi connectivity index (χ4v) is 3.54. The quantitative estimate of drug-likeness (QED) is 0.0921. The molecule has 6 nitrogen and oxygen atoms in total. The molecule has 0 aliphatic rings. The first-order chi connectivity index (χ1) is 17.9. The number of ether oxygens (including phenoxy) is 1. The Kier molecular flexibility index (Phi) is 10.6. The van der Waals surface area contributed by atoms with Gasteiger partial charge in [-0.25, -0.2) is 4.79 Å². The second-order valence-electron chi connectivity index (χ2n) is 8.96. The van der Waals surface area contributed by atoms with Gasteiger partial charge in [0.2, 0.25) is 0 Å². The van der Waals surface area contributed by atoms with Crippen molar-refractivity contribution in [3.63, 3.8) is 0 Å². The Labute approximate surface area is 220 Å². The Hall–Kier alpha value is -4.24. The number of carbonyl (C=O) groups is 1. The smallest absolute Gasteiger partial charge is 0.333 e. The molecule has 0 radical (unpaired) electrons. The monoisotopic (exact) mass is 494 g/mol. The lowest BCUT2D eigenvalue weighted by atomic mass is 10.1. The van der Waals surface area contributed by atoms with Crippen LogP contribution in [-0.4, -0.2) is 31.2 Å². The minimum absolute atomic E-state index is 0.307. The van der Waals surface area contributed by atoms with Crippen LogP contribution >= 0.6 is 0 Å². The third-order valence-corrected chi connectivity index (χ3v) is 5.75. The molecule has 1 aromatic heterocycles. The van der Waals surface area contributed by atoms with E-state index < -0.39 is 0 Å². The first-order valence-electron chi connectivity index (χ1n) is 12.5. The summed E-state index contributed by atoms with van der Waals surface area (Å²) < 4.78 is 5.12. The molecule has 2 aromatic carbocycles. The van der Waals surface area contributed by atoms with Crippen LogP contribution in [0.2, 0.25) is 0 Å². The molecular weight excluding hydrogens is 460 g/mol. The highest BCUT2D eigenvalue weighted by atomic mass is 16.5. The largest absolute Gasteiger partial charge is 0.462 e. The maximum atomic E-state index is 11.4. The lowest BCUT2D eigenvalue weighted by Crippen LogP contribution is -2.18. The number of carbonyl (C=O) groups excluding carboxylic acids is 1. The van der Waals surface area contributed by atoms with Crippen LogP contribution in [0.3, 0.4) is 0 Å². The first-order valence-corrected chi connectivity index (χ1v) is 12.5. The molecule has 0 spiro atoms. The van der Waals surface area contributed by atoms with Crippen LogP contribution in [0.1, 0.15) is 49.3 Å². The zero-order chi connectivity index (χ0) is 26.5. The number of aromatic nitrogens is 1. The van der Waals surface area contributed by atoms with Gasteiger partial charge in [0.25, 0.3) is 0 Å². The SMILES string of the molecule is C=C(C)C(=O)OCCCCCCN(C)c1ccc(N=Nc2ccc(C#Cc3cccnc3)c(C)c2)cc1. The molecule has 0 N–H and O–H groups in total. The number of unbranched alkanes of at least 4 members (excludes halogenated alkanes) is 3. The fraction of sp³-hybridized carbons (Fsp3) is 0.290. The lowest BCUT2D eigenvalue weighted by molar-refractivity contribution is -0.139. The molecule has 0 saturated carbocycles. The number of rotatable bonds is 11.